The summed E-state index contributed by atoms with van der Waals surface area (Å²) in [5.74, 6) is -1.50. The summed E-state index contributed by atoms with van der Waals surface area (Å²) in [5.41, 5.74) is 0.193. The molecule has 0 aliphatic carbocycles. The summed E-state index contributed by atoms with van der Waals surface area (Å²) in [6.45, 7) is 0. The molecule has 0 heterocycles. The van der Waals surface area contributed by atoms with E-state index < -0.39 is 10.4 Å². The van der Waals surface area contributed by atoms with Crippen LogP contribution in [0.1, 0.15) is 0 Å². The molecule has 4 N–H and O–H groups in total. The molecule has 0 saturated heterocycles. The van der Waals surface area contributed by atoms with Crippen molar-refractivity contribution in [3.63, 3.8) is 0 Å². The molecule has 0 atom stereocenters. The Morgan fingerprint density at radius 3 is 1.58 bits per heavy atom. The molecule has 0 rings (SSSR count). The van der Waals surface area contributed by atoms with E-state index in [0.29, 0.717) is 0 Å². The van der Waals surface area contributed by atoms with Gasteiger partial charge in [0.2, 0.25) is 0 Å². The van der Waals surface area contributed by atoms with Gasteiger partial charge in [0.25, 0.3) is 0 Å². The van der Waals surface area contributed by atoms with Crippen molar-refractivity contribution in [2.75, 3.05) is 0 Å². The molecule has 0 spiro atoms. The Balaban J connectivity index is -0.0000000408. The van der Waals surface area contributed by atoms with Crippen LogP contribution in [0.2, 0.25) is 0 Å². The van der Waals surface area contributed by atoms with Crippen LogP contribution in [0, 0.1) is 0 Å². The number of hydrogen-bond acceptors (Lipinski definition) is 2. The second-order valence-electron chi connectivity index (χ2n) is 1.06. The molecule has 0 saturated carbocycles. The zero-order chi connectivity index (χ0) is 6.78. The molecule has 0 aromatic carbocycles. The van der Waals surface area contributed by atoms with Crippen LogP contribution in [-0.4, -0.2) is 38.1 Å². The summed E-state index contributed by atoms with van der Waals surface area (Å²) in [4.78, 5) is 9.80. The molecule has 0 aliphatic rings. The third-order valence-corrected chi connectivity index (χ3v) is 0.966. The van der Waals surface area contributed by atoms with E-state index in [1.165, 1.54) is 0 Å². The molecule has 66 valence electrons. The number of rotatable bonds is 2. The number of carboxylic acid groups (broad SMARTS) is 1. The van der Waals surface area contributed by atoms with Crippen LogP contribution in [-0.2, 0) is 31.0 Å². The Hall–Kier alpha value is 1.97. The second kappa shape index (κ2) is 13.0. The van der Waals surface area contributed by atoms with Crippen molar-refractivity contribution in [3.05, 3.63) is 0 Å². The SMILES string of the molecule is O=C(O)C(Cl)(Cl)[NH2+]O.[Al+3].[Cl-].[Cl-].[Zr+2]. The first-order valence-corrected chi connectivity index (χ1v) is 2.36. The maximum atomic E-state index is 9.80. The van der Waals surface area contributed by atoms with Gasteiger partial charge in [-0.05, 0) is 23.2 Å². The maximum Gasteiger partial charge on any atom is 3.00 e. The molecule has 0 aromatic rings. The summed E-state index contributed by atoms with van der Waals surface area (Å²) in [6.07, 6.45) is 0. The Labute approximate surface area is 121 Å². The van der Waals surface area contributed by atoms with Crippen molar-refractivity contribution in [2.24, 2.45) is 0 Å². The normalized spacial score (nSPS) is 7.58. The summed E-state index contributed by atoms with van der Waals surface area (Å²) < 4.78 is -2.17. The molecular formula is C2H4AlCl4NO3Zr+4. The summed E-state index contributed by atoms with van der Waals surface area (Å²) in [7, 11) is 0. The van der Waals surface area contributed by atoms with Gasteiger partial charge in [0.15, 0.2) is 0 Å². The molecule has 4 nitrogen and oxygen atoms in total. The van der Waals surface area contributed by atoms with E-state index in [0.717, 1.165) is 0 Å². The fraction of sp³-hybridized carbons (Fsp3) is 0.500. The Kier molecular flexibility index (Phi) is 31.6. The number of quaternary nitrogens is 1. The number of aliphatic carboxylic acids is 1. The molecule has 0 bridgehead atoms. The van der Waals surface area contributed by atoms with Gasteiger partial charge in [0.05, 0.1) is 0 Å². The van der Waals surface area contributed by atoms with E-state index in [9.17, 15) is 4.79 Å². The first-order chi connectivity index (χ1) is 3.50. The van der Waals surface area contributed by atoms with Gasteiger partial charge in [-0.1, -0.05) is 0 Å². The van der Waals surface area contributed by atoms with Crippen molar-refractivity contribution in [3.8, 4) is 0 Å². The third kappa shape index (κ3) is 12.0. The van der Waals surface area contributed by atoms with E-state index in [-0.39, 0.29) is 73.9 Å². The predicted molar refractivity (Wildman–Crippen MR) is 31.5 cm³/mol. The second-order valence-corrected chi connectivity index (χ2v) is 2.44. The quantitative estimate of drug-likeness (QED) is 0.201. The molecule has 0 amide bonds. The van der Waals surface area contributed by atoms with Crippen molar-refractivity contribution < 1.29 is 71.6 Å². The van der Waals surface area contributed by atoms with E-state index in [1.807, 2.05) is 0 Å². The molecular weight excluding hydrogens is 346 g/mol. The van der Waals surface area contributed by atoms with Crippen LogP contribution >= 0.6 is 23.2 Å². The Morgan fingerprint density at radius 1 is 1.33 bits per heavy atom. The number of halogens is 4. The smallest absolute Gasteiger partial charge is 1.00 e. The van der Waals surface area contributed by atoms with Crippen LogP contribution in [0.5, 0.6) is 0 Å². The number of nitrogens with two attached hydrogens (primary N) is 1. The monoisotopic (exact) mass is 347 g/mol. The van der Waals surface area contributed by atoms with Crippen LogP contribution < -0.4 is 30.3 Å². The summed E-state index contributed by atoms with van der Waals surface area (Å²) in [5, 5.41) is 16.0. The number of hydroxylamine groups is 1. The van der Waals surface area contributed by atoms with Gasteiger partial charge < -0.3 is 29.9 Å². The molecule has 0 fully saturated rings. The van der Waals surface area contributed by atoms with Gasteiger partial charge in [-0.25, -0.2) is 10.0 Å². The van der Waals surface area contributed by atoms with E-state index >= 15 is 0 Å². The molecule has 0 aromatic heterocycles. The number of alkyl halides is 2. The third-order valence-electron chi connectivity index (χ3n) is 0.447. The van der Waals surface area contributed by atoms with Crippen LogP contribution in [0.15, 0.2) is 0 Å². The van der Waals surface area contributed by atoms with Crippen molar-refractivity contribution in [1.82, 2.24) is 0 Å². The topological polar surface area (TPSA) is 74.1 Å². The summed E-state index contributed by atoms with van der Waals surface area (Å²) >= 11 is 9.83. The molecule has 12 heavy (non-hydrogen) atoms. The van der Waals surface area contributed by atoms with Gasteiger partial charge in [-0.2, -0.15) is 5.48 Å². The standard InChI is InChI=1S/C2H3Cl2NO3.Al.2ClH.Zr/c3-2(4,5-8)1(6)7;;;;/h5,8H,(H,6,7);;2*1H;/q;+3;;;+2/p-1. The zero-order valence-corrected chi connectivity index (χ0v) is 12.1. The number of hydrogen-bond donors (Lipinski definition) is 3. The van der Waals surface area contributed by atoms with Crippen molar-refractivity contribution in [2.45, 2.75) is 4.46 Å². The minimum Gasteiger partial charge on any atom is -1.00 e. The van der Waals surface area contributed by atoms with Crippen molar-refractivity contribution >= 4 is 46.5 Å². The fourth-order valence-corrected chi connectivity index (χ4v) is 0.0552. The number of carbonyl (C=O) groups is 1. The first kappa shape index (κ1) is 29.2. The van der Waals surface area contributed by atoms with E-state index in [4.69, 9.17) is 33.5 Å². The fourth-order valence-electron chi connectivity index (χ4n) is 0.0552. The number of carboxylic acids is 1. The minimum atomic E-state index is -2.17. The minimum absolute atomic E-state index is 0. The first-order valence-electron chi connectivity index (χ1n) is 1.60. The van der Waals surface area contributed by atoms with Crippen LogP contribution in [0.3, 0.4) is 0 Å². The van der Waals surface area contributed by atoms with Gasteiger partial charge in [0.1, 0.15) is 0 Å². The Morgan fingerprint density at radius 2 is 1.58 bits per heavy atom. The average Bonchev–Trinajstić information content (AvgIpc) is 1.67. The van der Waals surface area contributed by atoms with Crippen molar-refractivity contribution in [1.29, 1.82) is 0 Å². The zero-order valence-electron chi connectivity index (χ0n) is 5.47. The predicted octanol–water partition coefficient (Wildman–Crippen LogP) is -7.22. The maximum absolute atomic E-state index is 9.80. The van der Waals surface area contributed by atoms with Gasteiger partial charge >= 0.3 is 54.0 Å². The Bertz CT molecular complexity index is 116. The molecule has 10 heteroatoms. The van der Waals surface area contributed by atoms with E-state index in [1.54, 1.807) is 0 Å². The molecule has 0 unspecified atom stereocenters. The van der Waals surface area contributed by atoms with Crippen LogP contribution in [0.25, 0.3) is 0 Å². The van der Waals surface area contributed by atoms with Gasteiger partial charge in [0, 0.05) is 0 Å². The molecule has 0 radical (unpaired) electrons. The largest absolute Gasteiger partial charge is 3.00 e. The average molecular weight is 350 g/mol. The van der Waals surface area contributed by atoms with Gasteiger partial charge in [-0.3, -0.25) is 0 Å². The molecule has 0 aliphatic heterocycles. The van der Waals surface area contributed by atoms with Gasteiger partial charge in [-0.15, -0.1) is 0 Å². The van der Waals surface area contributed by atoms with E-state index in [2.05, 4.69) is 0 Å². The van der Waals surface area contributed by atoms with Crippen LogP contribution in [0.4, 0.5) is 0 Å². The summed E-state index contributed by atoms with van der Waals surface area (Å²) in [6, 6.07) is 0.